The van der Waals surface area contributed by atoms with Crippen molar-refractivity contribution in [1.82, 2.24) is 4.98 Å². The van der Waals surface area contributed by atoms with Gasteiger partial charge in [-0.15, -0.1) is 0 Å². The number of carbonyl (C=O) groups is 1. The van der Waals surface area contributed by atoms with E-state index in [2.05, 4.69) is 15.6 Å². The smallest absolute Gasteiger partial charge is 0.323 e. The van der Waals surface area contributed by atoms with Crippen molar-refractivity contribution in [3.05, 3.63) is 71.4 Å². The summed E-state index contributed by atoms with van der Waals surface area (Å²) in [5.74, 6) is 1.07. The van der Waals surface area contributed by atoms with Crippen LogP contribution in [0.25, 0.3) is 0 Å². The van der Waals surface area contributed by atoms with Gasteiger partial charge in [0.1, 0.15) is 5.75 Å². The maximum absolute atomic E-state index is 12.2. The Bertz CT molecular complexity index is 946. The first kappa shape index (κ1) is 17.6. The van der Waals surface area contributed by atoms with Crippen LogP contribution in [-0.4, -0.2) is 11.0 Å². The molecule has 0 aliphatic rings. The first-order chi connectivity index (χ1) is 12.5. The third-order valence-electron chi connectivity index (χ3n) is 3.44. The van der Waals surface area contributed by atoms with Crippen molar-refractivity contribution >= 4 is 34.8 Å². The Kier molecular flexibility index (Phi) is 5.24. The highest BCUT2D eigenvalue weighted by Crippen LogP contribution is 2.29. The number of hydrogen-bond acceptors (Lipinski definition) is 4. The van der Waals surface area contributed by atoms with Gasteiger partial charge in [-0.05, 0) is 36.8 Å². The molecule has 6 nitrogen and oxygen atoms in total. The predicted octanol–water partition coefficient (Wildman–Crippen LogP) is 5.06. The molecular formula is C19H17ClN4O2. The summed E-state index contributed by atoms with van der Waals surface area (Å²) < 4.78 is 5.70. The van der Waals surface area contributed by atoms with Crippen LogP contribution in [0, 0.1) is 6.92 Å². The highest BCUT2D eigenvalue weighted by Gasteiger charge is 2.07. The number of rotatable bonds is 4. The number of aromatic nitrogens is 1. The largest absolute Gasteiger partial charge is 0.453 e. The van der Waals surface area contributed by atoms with Crippen LogP contribution < -0.4 is 21.1 Å². The second-order valence-electron chi connectivity index (χ2n) is 5.62. The summed E-state index contributed by atoms with van der Waals surface area (Å²) in [6, 6.07) is 15.7. The second-order valence-corrected chi connectivity index (χ2v) is 6.05. The van der Waals surface area contributed by atoms with Gasteiger partial charge in [-0.2, -0.15) is 0 Å². The number of nitrogens with one attached hydrogen (secondary N) is 2. The zero-order valence-electron chi connectivity index (χ0n) is 14.0. The van der Waals surface area contributed by atoms with Crippen LogP contribution in [-0.2, 0) is 0 Å². The number of pyridine rings is 1. The van der Waals surface area contributed by atoms with Crippen LogP contribution in [0.1, 0.15) is 5.56 Å². The molecule has 0 saturated heterocycles. The van der Waals surface area contributed by atoms with Crippen molar-refractivity contribution in [2.75, 3.05) is 16.4 Å². The van der Waals surface area contributed by atoms with Crippen LogP contribution in [0.3, 0.4) is 0 Å². The molecule has 3 rings (SSSR count). The first-order valence-corrected chi connectivity index (χ1v) is 8.21. The molecule has 0 saturated carbocycles. The molecule has 0 bridgehead atoms. The van der Waals surface area contributed by atoms with E-state index in [4.69, 9.17) is 22.1 Å². The van der Waals surface area contributed by atoms with E-state index in [-0.39, 0.29) is 11.8 Å². The molecule has 132 valence electrons. The van der Waals surface area contributed by atoms with Crippen molar-refractivity contribution in [3.63, 3.8) is 0 Å². The van der Waals surface area contributed by atoms with Gasteiger partial charge < -0.3 is 21.1 Å². The normalized spacial score (nSPS) is 10.2. The quantitative estimate of drug-likeness (QED) is 0.600. The fourth-order valence-corrected chi connectivity index (χ4v) is 2.44. The Morgan fingerprint density at radius 3 is 2.50 bits per heavy atom. The number of carbonyl (C=O) groups excluding carboxylic acids is 1. The average molecular weight is 369 g/mol. The number of amides is 2. The summed E-state index contributed by atoms with van der Waals surface area (Å²) in [4.78, 5) is 16.1. The molecule has 2 amide bonds. The molecule has 1 aromatic heterocycles. The highest BCUT2D eigenvalue weighted by atomic mass is 35.5. The zero-order chi connectivity index (χ0) is 18.5. The van der Waals surface area contributed by atoms with Crippen molar-refractivity contribution in [1.29, 1.82) is 0 Å². The Morgan fingerprint density at radius 2 is 1.77 bits per heavy atom. The molecule has 0 fully saturated rings. The van der Waals surface area contributed by atoms with Crippen molar-refractivity contribution < 1.29 is 9.53 Å². The summed E-state index contributed by atoms with van der Waals surface area (Å²) >= 11 is 5.91. The Balaban J connectivity index is 1.69. The van der Waals surface area contributed by atoms with Crippen molar-refractivity contribution in [3.8, 4) is 11.5 Å². The minimum absolute atomic E-state index is 0.227. The Morgan fingerprint density at radius 1 is 1.08 bits per heavy atom. The maximum atomic E-state index is 12.2. The average Bonchev–Trinajstić information content (AvgIpc) is 2.58. The number of halogens is 1. The fourth-order valence-electron chi connectivity index (χ4n) is 2.29. The summed E-state index contributed by atoms with van der Waals surface area (Å²) in [6.07, 6.45) is 1.44. The molecule has 1 heterocycles. The molecule has 0 atom stereocenters. The number of nitrogen functional groups attached to an aromatic ring is 1. The first-order valence-electron chi connectivity index (χ1n) is 7.83. The Labute approximate surface area is 156 Å². The van der Waals surface area contributed by atoms with Gasteiger partial charge in [-0.25, -0.2) is 9.78 Å². The van der Waals surface area contributed by atoms with E-state index < -0.39 is 0 Å². The molecule has 2 aromatic carbocycles. The molecule has 0 unspecified atom stereocenters. The molecule has 0 radical (unpaired) electrons. The van der Waals surface area contributed by atoms with Gasteiger partial charge in [-0.1, -0.05) is 29.8 Å². The van der Waals surface area contributed by atoms with E-state index in [9.17, 15) is 4.79 Å². The van der Waals surface area contributed by atoms with E-state index in [0.29, 0.717) is 27.9 Å². The van der Waals surface area contributed by atoms with Crippen molar-refractivity contribution in [2.24, 2.45) is 0 Å². The fraction of sp³-hybridized carbons (Fsp3) is 0.0526. The van der Waals surface area contributed by atoms with Gasteiger partial charge in [0, 0.05) is 29.7 Å². The van der Waals surface area contributed by atoms with Crippen LogP contribution in [0.2, 0.25) is 5.02 Å². The summed E-state index contributed by atoms with van der Waals surface area (Å²) in [7, 11) is 0. The molecule has 0 aliphatic carbocycles. The van der Waals surface area contributed by atoms with E-state index >= 15 is 0 Å². The number of benzene rings is 2. The molecule has 3 aromatic rings. The molecule has 7 heteroatoms. The third-order valence-corrected chi connectivity index (χ3v) is 3.65. The van der Waals surface area contributed by atoms with E-state index in [1.165, 1.54) is 6.20 Å². The maximum Gasteiger partial charge on any atom is 0.323 e. The van der Waals surface area contributed by atoms with Gasteiger partial charge in [0.25, 0.3) is 0 Å². The molecular weight excluding hydrogens is 352 g/mol. The topological polar surface area (TPSA) is 89.3 Å². The highest BCUT2D eigenvalue weighted by molar-refractivity contribution is 6.30. The lowest BCUT2D eigenvalue weighted by Crippen LogP contribution is -2.19. The monoisotopic (exact) mass is 368 g/mol. The number of nitrogens with zero attached hydrogens (tertiary/aromatic N) is 1. The predicted molar refractivity (Wildman–Crippen MR) is 104 cm³/mol. The number of nitrogens with two attached hydrogens (primary N) is 1. The lowest BCUT2D eigenvalue weighted by Gasteiger charge is -2.11. The van der Waals surface area contributed by atoms with E-state index in [1.54, 1.807) is 30.3 Å². The van der Waals surface area contributed by atoms with Gasteiger partial charge in [0.05, 0.1) is 5.02 Å². The summed E-state index contributed by atoms with van der Waals surface area (Å²) in [5.41, 5.74) is 8.13. The van der Waals surface area contributed by atoms with E-state index in [1.807, 2.05) is 31.2 Å². The summed E-state index contributed by atoms with van der Waals surface area (Å²) in [6.45, 7) is 1.96. The van der Waals surface area contributed by atoms with Crippen molar-refractivity contribution in [2.45, 2.75) is 6.92 Å². The standard InChI is InChI=1S/C19H17ClN4O2/c1-12-4-2-5-14(8-12)23-19(25)24-15-6-3-7-16(10-15)26-17-9-13(20)11-22-18(17)21/h2-11H,1H3,(H2,21,22)(H2,23,24,25). The van der Waals surface area contributed by atoms with Crippen LogP contribution >= 0.6 is 11.6 Å². The van der Waals surface area contributed by atoms with Gasteiger partial charge in [-0.3, -0.25) is 0 Å². The number of hydrogen-bond donors (Lipinski definition) is 3. The van der Waals surface area contributed by atoms with Crippen LogP contribution in [0.15, 0.2) is 60.8 Å². The number of aryl methyl sites for hydroxylation is 1. The van der Waals surface area contributed by atoms with Gasteiger partial charge >= 0.3 is 6.03 Å². The van der Waals surface area contributed by atoms with Crippen LogP contribution in [0.4, 0.5) is 22.0 Å². The van der Waals surface area contributed by atoms with E-state index in [0.717, 1.165) is 5.56 Å². The number of ether oxygens (including phenoxy) is 1. The second kappa shape index (κ2) is 7.76. The Hall–Kier alpha value is -3.25. The minimum Gasteiger partial charge on any atom is -0.453 e. The zero-order valence-corrected chi connectivity index (χ0v) is 14.7. The SMILES string of the molecule is Cc1cccc(NC(=O)Nc2cccc(Oc3cc(Cl)cnc3N)c2)c1. The van der Waals surface area contributed by atoms with Crippen LogP contribution in [0.5, 0.6) is 11.5 Å². The minimum atomic E-state index is -0.350. The molecule has 0 aliphatic heterocycles. The molecule has 26 heavy (non-hydrogen) atoms. The number of anilines is 3. The number of urea groups is 1. The lowest BCUT2D eigenvalue weighted by atomic mass is 10.2. The summed E-state index contributed by atoms with van der Waals surface area (Å²) in [5, 5.41) is 5.96. The third kappa shape index (κ3) is 4.64. The van der Waals surface area contributed by atoms with Gasteiger partial charge in [0.2, 0.25) is 0 Å². The lowest BCUT2D eigenvalue weighted by molar-refractivity contribution is 0.262. The molecule has 4 N–H and O–H groups in total. The van der Waals surface area contributed by atoms with Gasteiger partial charge in [0.15, 0.2) is 11.6 Å². The molecule has 0 spiro atoms.